The highest BCUT2D eigenvalue weighted by molar-refractivity contribution is 7.98. The first-order valence-corrected chi connectivity index (χ1v) is 11.1. The first kappa shape index (κ1) is 21.6. The maximum Gasteiger partial charge on any atom is 0.251 e. The van der Waals surface area contributed by atoms with Gasteiger partial charge in [-0.05, 0) is 42.0 Å². The minimum Gasteiger partial charge on any atom is -0.489 e. The third-order valence-corrected chi connectivity index (χ3v) is 5.81. The number of amides is 1. The van der Waals surface area contributed by atoms with Crippen LogP contribution in [-0.2, 0) is 12.4 Å². The lowest BCUT2D eigenvalue weighted by atomic mass is 10.2. The van der Waals surface area contributed by atoms with Crippen molar-refractivity contribution in [3.05, 3.63) is 99.5 Å². The molecule has 3 aromatic rings. The quantitative estimate of drug-likeness (QED) is 0.396. The molecule has 0 radical (unpaired) electrons. The van der Waals surface area contributed by atoms with Crippen molar-refractivity contribution in [2.24, 2.45) is 0 Å². The number of hydrogen-bond donors (Lipinski definition) is 1. The van der Waals surface area contributed by atoms with Crippen LogP contribution < -0.4 is 10.1 Å². The highest BCUT2D eigenvalue weighted by Gasteiger charge is 2.07. The van der Waals surface area contributed by atoms with Crippen LogP contribution in [0.2, 0.25) is 10.0 Å². The van der Waals surface area contributed by atoms with Crippen molar-refractivity contribution in [3.63, 3.8) is 0 Å². The molecule has 1 amide bonds. The molecule has 0 saturated heterocycles. The van der Waals surface area contributed by atoms with E-state index in [4.69, 9.17) is 27.9 Å². The topological polar surface area (TPSA) is 38.3 Å². The van der Waals surface area contributed by atoms with Crippen LogP contribution in [0, 0.1) is 0 Å². The largest absolute Gasteiger partial charge is 0.489 e. The van der Waals surface area contributed by atoms with Crippen molar-refractivity contribution in [2.45, 2.75) is 12.4 Å². The molecule has 0 aromatic heterocycles. The second-order valence-corrected chi connectivity index (χ2v) is 8.29. The first-order valence-electron chi connectivity index (χ1n) is 9.18. The van der Waals surface area contributed by atoms with Crippen molar-refractivity contribution in [1.82, 2.24) is 5.32 Å². The van der Waals surface area contributed by atoms with Crippen molar-refractivity contribution in [2.75, 3.05) is 12.3 Å². The summed E-state index contributed by atoms with van der Waals surface area (Å²) in [5.74, 6) is 2.24. The van der Waals surface area contributed by atoms with Gasteiger partial charge in [-0.15, -0.1) is 0 Å². The Morgan fingerprint density at radius 1 is 0.966 bits per heavy atom. The smallest absolute Gasteiger partial charge is 0.251 e. The van der Waals surface area contributed by atoms with Crippen LogP contribution in [-0.4, -0.2) is 18.2 Å². The predicted molar refractivity (Wildman–Crippen MR) is 122 cm³/mol. The number of nitrogens with one attached hydrogen (secondary N) is 1. The van der Waals surface area contributed by atoms with Gasteiger partial charge in [0, 0.05) is 39.2 Å². The van der Waals surface area contributed by atoms with Gasteiger partial charge in [0.1, 0.15) is 12.4 Å². The monoisotopic (exact) mass is 445 g/mol. The number of benzene rings is 3. The number of halogens is 2. The Hall–Kier alpha value is -2.14. The van der Waals surface area contributed by atoms with Crippen molar-refractivity contribution in [1.29, 1.82) is 0 Å². The van der Waals surface area contributed by atoms with E-state index in [-0.39, 0.29) is 5.91 Å². The average Bonchev–Trinajstić information content (AvgIpc) is 2.74. The zero-order valence-corrected chi connectivity index (χ0v) is 18.1. The predicted octanol–water partition coefficient (Wildman–Crippen LogP) is 6.24. The van der Waals surface area contributed by atoms with Crippen LogP contribution in [0.25, 0.3) is 0 Å². The fraction of sp³-hybridized carbons (Fsp3) is 0.174. The molecule has 0 spiro atoms. The molecule has 3 nitrogen and oxygen atoms in total. The number of thioether (sulfide) groups is 1. The number of ether oxygens (including phenoxy) is 1. The molecule has 0 aliphatic heterocycles. The third kappa shape index (κ3) is 7.00. The van der Waals surface area contributed by atoms with Crippen LogP contribution >= 0.6 is 35.0 Å². The highest BCUT2D eigenvalue weighted by atomic mass is 35.5. The van der Waals surface area contributed by atoms with Crippen LogP contribution in [0.3, 0.4) is 0 Å². The lowest BCUT2D eigenvalue weighted by Crippen LogP contribution is -2.25. The molecule has 0 bridgehead atoms. The second kappa shape index (κ2) is 11.1. The van der Waals surface area contributed by atoms with Gasteiger partial charge in [0.15, 0.2) is 0 Å². The molecule has 0 atom stereocenters. The van der Waals surface area contributed by atoms with E-state index < -0.39 is 0 Å². The molecule has 150 valence electrons. The number of carbonyl (C=O) groups is 1. The molecule has 29 heavy (non-hydrogen) atoms. The molecular formula is C23H21Cl2NO2S. The molecule has 0 saturated carbocycles. The highest BCUT2D eigenvalue weighted by Crippen LogP contribution is 2.20. The summed E-state index contributed by atoms with van der Waals surface area (Å²) in [5.41, 5.74) is 2.69. The van der Waals surface area contributed by atoms with E-state index in [0.717, 1.165) is 22.1 Å². The number of hydrogen-bond acceptors (Lipinski definition) is 3. The Kier molecular flexibility index (Phi) is 8.29. The van der Waals surface area contributed by atoms with E-state index in [9.17, 15) is 4.79 Å². The summed E-state index contributed by atoms with van der Waals surface area (Å²) < 4.78 is 5.79. The Bertz CT molecular complexity index is 948. The van der Waals surface area contributed by atoms with Gasteiger partial charge in [-0.3, -0.25) is 4.79 Å². The summed E-state index contributed by atoms with van der Waals surface area (Å²) in [4.78, 5) is 12.4. The molecule has 6 heteroatoms. The van der Waals surface area contributed by atoms with Crippen molar-refractivity contribution in [3.8, 4) is 5.75 Å². The van der Waals surface area contributed by atoms with Gasteiger partial charge in [-0.1, -0.05) is 59.6 Å². The zero-order chi connectivity index (χ0) is 20.5. The summed E-state index contributed by atoms with van der Waals surface area (Å²) in [6.45, 7) is 0.952. The molecule has 3 aromatic carbocycles. The number of carbonyl (C=O) groups excluding carboxylic acids is 1. The Morgan fingerprint density at radius 2 is 1.76 bits per heavy atom. The standard InChI is InChI=1S/C23H21Cl2NO2S/c24-20-10-8-17(9-11-20)16-29-13-12-26-23(27)18-5-3-6-21(14-18)28-15-19-4-1-2-7-22(19)25/h1-11,14H,12-13,15-16H2,(H,26,27). The van der Waals surface area contributed by atoms with Gasteiger partial charge in [-0.25, -0.2) is 0 Å². The summed E-state index contributed by atoms with van der Waals surface area (Å²) in [6.07, 6.45) is 0. The van der Waals surface area contributed by atoms with Crippen LogP contribution in [0.4, 0.5) is 0 Å². The summed E-state index contributed by atoms with van der Waals surface area (Å²) in [5, 5.41) is 4.35. The lowest BCUT2D eigenvalue weighted by Gasteiger charge is -2.10. The van der Waals surface area contributed by atoms with Crippen molar-refractivity contribution < 1.29 is 9.53 Å². The lowest BCUT2D eigenvalue weighted by molar-refractivity contribution is 0.0955. The van der Waals surface area contributed by atoms with Gasteiger partial charge >= 0.3 is 0 Å². The third-order valence-electron chi connectivity index (χ3n) is 4.16. The normalized spacial score (nSPS) is 10.6. The van der Waals surface area contributed by atoms with E-state index in [0.29, 0.717) is 29.5 Å². The molecule has 0 unspecified atom stereocenters. The van der Waals surface area contributed by atoms with Gasteiger partial charge in [0.2, 0.25) is 0 Å². The summed E-state index contributed by atoms with van der Waals surface area (Å²) >= 11 is 13.8. The van der Waals surface area contributed by atoms with Crippen LogP contribution in [0.15, 0.2) is 72.8 Å². The Morgan fingerprint density at radius 3 is 2.55 bits per heavy atom. The Balaban J connectivity index is 1.43. The van der Waals surface area contributed by atoms with E-state index in [1.165, 1.54) is 5.56 Å². The summed E-state index contributed by atoms with van der Waals surface area (Å²) in [6, 6.07) is 22.5. The molecule has 1 N–H and O–H groups in total. The van der Waals surface area contributed by atoms with Crippen molar-refractivity contribution >= 4 is 40.9 Å². The van der Waals surface area contributed by atoms with Gasteiger partial charge < -0.3 is 10.1 Å². The minimum atomic E-state index is -0.111. The van der Waals surface area contributed by atoms with Gasteiger partial charge in [0.25, 0.3) is 5.91 Å². The molecule has 0 aliphatic carbocycles. The summed E-state index contributed by atoms with van der Waals surface area (Å²) in [7, 11) is 0. The molecule has 0 heterocycles. The van der Waals surface area contributed by atoms with Crippen LogP contribution in [0.1, 0.15) is 21.5 Å². The Labute approximate surface area is 185 Å². The molecule has 0 fully saturated rings. The fourth-order valence-corrected chi connectivity index (χ4v) is 3.75. The molecule has 0 aliphatic rings. The van der Waals surface area contributed by atoms with E-state index in [1.54, 1.807) is 23.9 Å². The minimum absolute atomic E-state index is 0.111. The maximum atomic E-state index is 12.4. The van der Waals surface area contributed by atoms with E-state index in [1.807, 2.05) is 60.7 Å². The van der Waals surface area contributed by atoms with Crippen LogP contribution in [0.5, 0.6) is 5.75 Å². The zero-order valence-electron chi connectivity index (χ0n) is 15.7. The van der Waals surface area contributed by atoms with Gasteiger partial charge in [0.05, 0.1) is 0 Å². The van der Waals surface area contributed by atoms with Gasteiger partial charge in [-0.2, -0.15) is 11.8 Å². The van der Waals surface area contributed by atoms with E-state index >= 15 is 0 Å². The maximum absolute atomic E-state index is 12.4. The average molecular weight is 446 g/mol. The molecule has 3 rings (SSSR count). The molecular weight excluding hydrogens is 425 g/mol. The second-order valence-electron chi connectivity index (χ2n) is 6.34. The first-order chi connectivity index (χ1) is 14.1. The number of rotatable bonds is 9. The van der Waals surface area contributed by atoms with E-state index in [2.05, 4.69) is 5.32 Å². The fourth-order valence-electron chi connectivity index (χ4n) is 2.61. The SMILES string of the molecule is O=C(NCCSCc1ccc(Cl)cc1)c1cccc(OCc2ccccc2Cl)c1.